The van der Waals surface area contributed by atoms with Crippen molar-refractivity contribution in [2.75, 3.05) is 0 Å². The zero-order valence-corrected chi connectivity index (χ0v) is 8.78. The van der Waals surface area contributed by atoms with Crippen LogP contribution >= 0.6 is 11.6 Å². The van der Waals surface area contributed by atoms with Gasteiger partial charge in [0.25, 0.3) is 0 Å². The van der Waals surface area contributed by atoms with Gasteiger partial charge in [-0.05, 0) is 6.92 Å². The molecule has 0 radical (unpaired) electrons. The Balaban J connectivity index is 2.49. The number of carbonyl (C=O) groups excluding carboxylic acids is 1. The molecule has 76 valence electrons. The van der Waals surface area contributed by atoms with Crippen LogP contribution in [0.5, 0.6) is 0 Å². The van der Waals surface area contributed by atoms with Gasteiger partial charge in [0.05, 0.1) is 0 Å². The van der Waals surface area contributed by atoms with Crippen molar-refractivity contribution in [3.8, 4) is 11.3 Å². The maximum Gasteiger partial charge on any atom is 0.186 e. The third-order valence-electron chi connectivity index (χ3n) is 2.08. The van der Waals surface area contributed by atoms with Crippen molar-refractivity contribution in [2.24, 2.45) is 0 Å². The SMILES string of the molecule is Cc1ccc(-c2onc(C=O)c2Cl)cc1. The molecular formula is C11H8ClNO2. The van der Waals surface area contributed by atoms with E-state index >= 15 is 0 Å². The summed E-state index contributed by atoms with van der Waals surface area (Å²) < 4.78 is 5.00. The van der Waals surface area contributed by atoms with E-state index in [-0.39, 0.29) is 10.7 Å². The van der Waals surface area contributed by atoms with Crippen molar-refractivity contribution in [1.82, 2.24) is 5.16 Å². The number of hydrogen-bond donors (Lipinski definition) is 0. The minimum Gasteiger partial charge on any atom is -0.354 e. The maximum atomic E-state index is 10.5. The first kappa shape index (κ1) is 9.93. The minimum absolute atomic E-state index is 0.132. The van der Waals surface area contributed by atoms with Gasteiger partial charge in [-0.25, -0.2) is 0 Å². The summed E-state index contributed by atoms with van der Waals surface area (Å²) in [6.07, 6.45) is 0.573. The number of aromatic nitrogens is 1. The Hall–Kier alpha value is -1.61. The van der Waals surface area contributed by atoms with E-state index in [2.05, 4.69) is 5.16 Å². The fraction of sp³-hybridized carbons (Fsp3) is 0.0909. The van der Waals surface area contributed by atoms with Crippen LogP contribution in [0, 0.1) is 6.92 Å². The molecule has 0 N–H and O–H groups in total. The molecule has 0 spiro atoms. The lowest BCUT2D eigenvalue weighted by Crippen LogP contribution is -1.79. The highest BCUT2D eigenvalue weighted by Gasteiger charge is 2.14. The van der Waals surface area contributed by atoms with Crippen LogP contribution in [-0.4, -0.2) is 11.4 Å². The summed E-state index contributed by atoms with van der Waals surface area (Å²) in [5, 5.41) is 3.82. The lowest BCUT2D eigenvalue weighted by Gasteiger charge is -1.96. The number of aldehydes is 1. The van der Waals surface area contributed by atoms with E-state index in [4.69, 9.17) is 16.1 Å². The highest BCUT2D eigenvalue weighted by atomic mass is 35.5. The number of nitrogens with zero attached hydrogens (tertiary/aromatic N) is 1. The molecule has 0 atom stereocenters. The fourth-order valence-electron chi connectivity index (χ4n) is 1.25. The number of hydrogen-bond acceptors (Lipinski definition) is 3. The van der Waals surface area contributed by atoms with E-state index in [1.165, 1.54) is 0 Å². The van der Waals surface area contributed by atoms with Crippen LogP contribution in [0.1, 0.15) is 16.1 Å². The second-order valence-corrected chi connectivity index (χ2v) is 3.57. The lowest BCUT2D eigenvalue weighted by molar-refractivity contribution is 0.111. The van der Waals surface area contributed by atoms with Gasteiger partial charge in [-0.3, -0.25) is 4.79 Å². The molecule has 1 heterocycles. The topological polar surface area (TPSA) is 43.1 Å². The quantitative estimate of drug-likeness (QED) is 0.732. The molecule has 0 unspecified atom stereocenters. The molecule has 3 nitrogen and oxygen atoms in total. The molecule has 0 fully saturated rings. The third kappa shape index (κ3) is 1.78. The second-order valence-electron chi connectivity index (χ2n) is 3.19. The van der Waals surface area contributed by atoms with E-state index in [0.717, 1.165) is 11.1 Å². The molecule has 0 bridgehead atoms. The average molecular weight is 222 g/mol. The standard InChI is InChI=1S/C11H8ClNO2/c1-7-2-4-8(5-3-7)11-10(12)9(6-14)13-15-11/h2-6H,1H3. The summed E-state index contributed by atoms with van der Waals surface area (Å²) in [4.78, 5) is 10.5. The van der Waals surface area contributed by atoms with Crippen molar-refractivity contribution in [3.05, 3.63) is 40.5 Å². The fourth-order valence-corrected chi connectivity index (χ4v) is 1.47. The highest BCUT2D eigenvalue weighted by Crippen LogP contribution is 2.29. The Bertz CT molecular complexity index is 488. The Labute approximate surface area is 91.6 Å². The zero-order chi connectivity index (χ0) is 10.8. The number of rotatable bonds is 2. The third-order valence-corrected chi connectivity index (χ3v) is 2.45. The first-order valence-electron chi connectivity index (χ1n) is 4.40. The van der Waals surface area contributed by atoms with Gasteiger partial charge in [0.1, 0.15) is 5.02 Å². The highest BCUT2D eigenvalue weighted by molar-refractivity contribution is 6.35. The van der Waals surface area contributed by atoms with Gasteiger partial charge in [0, 0.05) is 5.56 Å². The van der Waals surface area contributed by atoms with Crippen molar-refractivity contribution < 1.29 is 9.32 Å². The molecule has 2 rings (SSSR count). The number of aryl methyl sites for hydroxylation is 1. The molecule has 4 heteroatoms. The van der Waals surface area contributed by atoms with Gasteiger partial charge in [-0.2, -0.15) is 0 Å². The van der Waals surface area contributed by atoms with E-state index in [0.29, 0.717) is 12.0 Å². The minimum atomic E-state index is 0.132. The van der Waals surface area contributed by atoms with Crippen molar-refractivity contribution in [3.63, 3.8) is 0 Å². The van der Waals surface area contributed by atoms with Gasteiger partial charge in [0.15, 0.2) is 17.7 Å². The van der Waals surface area contributed by atoms with Crippen molar-refractivity contribution >= 4 is 17.9 Å². The molecule has 0 aliphatic rings. The molecule has 1 aromatic carbocycles. The Morgan fingerprint density at radius 3 is 2.53 bits per heavy atom. The predicted molar refractivity (Wildman–Crippen MR) is 57.1 cm³/mol. The van der Waals surface area contributed by atoms with Crippen molar-refractivity contribution in [1.29, 1.82) is 0 Å². The van der Waals surface area contributed by atoms with E-state index in [9.17, 15) is 4.79 Å². The van der Waals surface area contributed by atoms with Crippen LogP contribution in [0.25, 0.3) is 11.3 Å². The number of carbonyl (C=O) groups is 1. The number of halogens is 1. The summed E-state index contributed by atoms with van der Waals surface area (Å²) in [5.74, 6) is 0.429. The van der Waals surface area contributed by atoms with Gasteiger partial charge >= 0.3 is 0 Å². The van der Waals surface area contributed by atoms with Gasteiger partial charge in [-0.15, -0.1) is 0 Å². The van der Waals surface area contributed by atoms with Crippen molar-refractivity contribution in [2.45, 2.75) is 6.92 Å². The van der Waals surface area contributed by atoms with Crippen LogP contribution in [0.4, 0.5) is 0 Å². The van der Waals surface area contributed by atoms with E-state index < -0.39 is 0 Å². The van der Waals surface area contributed by atoms with E-state index in [1.54, 1.807) is 0 Å². The van der Waals surface area contributed by atoms with E-state index in [1.807, 2.05) is 31.2 Å². The second kappa shape index (κ2) is 3.87. The van der Waals surface area contributed by atoms with Gasteiger partial charge < -0.3 is 4.52 Å². The molecule has 15 heavy (non-hydrogen) atoms. The molecule has 1 aromatic heterocycles. The summed E-state index contributed by atoms with van der Waals surface area (Å²) in [5.41, 5.74) is 2.09. The first-order chi connectivity index (χ1) is 7.22. The molecule has 2 aromatic rings. The molecule has 0 aliphatic carbocycles. The zero-order valence-electron chi connectivity index (χ0n) is 8.03. The monoisotopic (exact) mass is 221 g/mol. The van der Waals surface area contributed by atoms with Crippen LogP contribution < -0.4 is 0 Å². The molecule has 0 saturated heterocycles. The summed E-state index contributed by atoms with van der Waals surface area (Å²) >= 11 is 5.91. The molecule has 0 saturated carbocycles. The van der Waals surface area contributed by atoms with Crippen LogP contribution in [0.2, 0.25) is 5.02 Å². The summed E-state index contributed by atoms with van der Waals surface area (Å²) in [7, 11) is 0. The van der Waals surface area contributed by atoms with Crippen LogP contribution in [-0.2, 0) is 0 Å². The van der Waals surface area contributed by atoms with Gasteiger partial charge in [0.2, 0.25) is 0 Å². The first-order valence-corrected chi connectivity index (χ1v) is 4.77. The Morgan fingerprint density at radius 1 is 1.33 bits per heavy atom. The van der Waals surface area contributed by atoms with Gasteiger partial charge in [-0.1, -0.05) is 46.6 Å². The van der Waals surface area contributed by atoms with Crippen LogP contribution in [0.3, 0.4) is 0 Å². The largest absolute Gasteiger partial charge is 0.354 e. The summed E-state index contributed by atoms with van der Waals surface area (Å²) in [6.45, 7) is 1.99. The normalized spacial score (nSPS) is 10.3. The molecular weight excluding hydrogens is 214 g/mol. The van der Waals surface area contributed by atoms with Crippen LogP contribution in [0.15, 0.2) is 28.8 Å². The average Bonchev–Trinajstić information content (AvgIpc) is 2.61. The number of benzene rings is 1. The maximum absolute atomic E-state index is 10.5. The predicted octanol–water partition coefficient (Wildman–Crippen LogP) is 3.12. The smallest absolute Gasteiger partial charge is 0.186 e. The Morgan fingerprint density at radius 2 is 2.00 bits per heavy atom. The Kier molecular flexibility index (Phi) is 2.56. The molecule has 0 aliphatic heterocycles. The summed E-state index contributed by atoms with van der Waals surface area (Å²) in [6, 6.07) is 7.62. The molecule has 0 amide bonds. The lowest BCUT2D eigenvalue weighted by atomic mass is 10.1.